The van der Waals surface area contributed by atoms with Crippen molar-refractivity contribution in [3.05, 3.63) is 88.2 Å². The lowest BCUT2D eigenvalue weighted by molar-refractivity contribution is -0.138. The van der Waals surface area contributed by atoms with Crippen molar-refractivity contribution in [2.45, 2.75) is 23.2 Å². The molecule has 31 heavy (non-hydrogen) atoms. The first-order chi connectivity index (χ1) is 14.6. The Hall–Kier alpha value is -2.71. The molecule has 3 aromatic rings. The maximum atomic E-state index is 13.3. The molecule has 0 spiro atoms. The minimum absolute atomic E-state index is 0.0456. The van der Waals surface area contributed by atoms with Gasteiger partial charge in [0.15, 0.2) is 0 Å². The van der Waals surface area contributed by atoms with Gasteiger partial charge in [0.05, 0.1) is 17.0 Å². The van der Waals surface area contributed by atoms with Crippen LogP contribution < -0.4 is 4.74 Å². The van der Waals surface area contributed by atoms with Crippen LogP contribution in [0.5, 0.6) is 11.5 Å². The van der Waals surface area contributed by atoms with Gasteiger partial charge in [0.25, 0.3) is 0 Å². The van der Waals surface area contributed by atoms with E-state index in [9.17, 15) is 22.4 Å². The quantitative estimate of drug-likeness (QED) is 0.293. The molecule has 0 heterocycles. The lowest BCUT2D eigenvalue weighted by atomic mass is 10.1. The van der Waals surface area contributed by atoms with Crippen molar-refractivity contribution >= 4 is 29.3 Å². The molecule has 3 nitrogen and oxygen atoms in total. The smallest absolute Gasteiger partial charge is 0.416 e. The predicted octanol–water partition coefficient (Wildman–Crippen LogP) is 7.21. The van der Waals surface area contributed by atoms with Gasteiger partial charge in [-0.15, -0.1) is 11.8 Å². The number of aliphatic carboxylic acids is 1. The van der Waals surface area contributed by atoms with E-state index in [4.69, 9.17) is 21.4 Å². The zero-order valence-corrected chi connectivity index (χ0v) is 17.3. The van der Waals surface area contributed by atoms with Gasteiger partial charge in [0, 0.05) is 10.6 Å². The standard InChI is InChI=1S/C22H15ClF4O3S/c23-19-11-18(31-12-13-2-1-3-16(24)7-13)4-5-20(19)30-17-8-14(9-21(28)29)6-15(10-17)22(25,26)27/h1-8,10-11H,9,12H2,(H,28,29). The summed E-state index contributed by atoms with van der Waals surface area (Å²) in [4.78, 5) is 11.7. The van der Waals surface area contributed by atoms with Gasteiger partial charge in [-0.2, -0.15) is 13.2 Å². The first kappa shape index (κ1) is 23.0. The van der Waals surface area contributed by atoms with Gasteiger partial charge < -0.3 is 9.84 Å². The van der Waals surface area contributed by atoms with Crippen molar-refractivity contribution in [1.29, 1.82) is 0 Å². The fourth-order valence-electron chi connectivity index (χ4n) is 2.73. The minimum Gasteiger partial charge on any atom is -0.481 e. The molecule has 0 aromatic heterocycles. The van der Waals surface area contributed by atoms with Gasteiger partial charge >= 0.3 is 12.1 Å². The van der Waals surface area contributed by atoms with Crippen LogP contribution in [0.25, 0.3) is 0 Å². The number of carboxylic acid groups (broad SMARTS) is 1. The van der Waals surface area contributed by atoms with E-state index in [0.29, 0.717) is 5.75 Å². The highest BCUT2D eigenvalue weighted by atomic mass is 35.5. The summed E-state index contributed by atoms with van der Waals surface area (Å²) in [6, 6.07) is 13.7. The van der Waals surface area contributed by atoms with Crippen LogP contribution >= 0.6 is 23.4 Å². The average molecular weight is 471 g/mol. The lowest BCUT2D eigenvalue weighted by Crippen LogP contribution is -2.08. The molecular weight excluding hydrogens is 456 g/mol. The molecule has 0 amide bonds. The fourth-order valence-corrected chi connectivity index (χ4v) is 3.90. The van der Waals surface area contributed by atoms with Crippen LogP contribution in [0.4, 0.5) is 17.6 Å². The number of benzene rings is 3. The zero-order valence-electron chi connectivity index (χ0n) is 15.7. The molecule has 1 N–H and O–H groups in total. The molecule has 0 saturated heterocycles. The number of alkyl halides is 3. The number of halogens is 5. The van der Waals surface area contributed by atoms with Gasteiger partial charge in [0.2, 0.25) is 0 Å². The van der Waals surface area contributed by atoms with Crippen LogP contribution in [-0.2, 0) is 23.1 Å². The van der Waals surface area contributed by atoms with Gasteiger partial charge in [-0.3, -0.25) is 4.79 Å². The molecule has 0 radical (unpaired) electrons. The Morgan fingerprint density at radius 1 is 1.03 bits per heavy atom. The SMILES string of the molecule is O=C(O)Cc1cc(Oc2ccc(SCc3cccc(F)c3)cc2Cl)cc(C(F)(F)F)c1. The molecule has 0 atom stereocenters. The van der Waals surface area contributed by atoms with Crippen LogP contribution in [0.15, 0.2) is 65.6 Å². The summed E-state index contributed by atoms with van der Waals surface area (Å²) in [7, 11) is 0. The molecule has 0 aliphatic carbocycles. The third-order valence-corrected chi connectivity index (χ3v) is 5.43. The van der Waals surface area contributed by atoms with Crippen LogP contribution in [0, 0.1) is 5.82 Å². The number of hydrogen-bond acceptors (Lipinski definition) is 3. The molecule has 0 fully saturated rings. The Morgan fingerprint density at radius 2 is 1.81 bits per heavy atom. The lowest BCUT2D eigenvalue weighted by Gasteiger charge is -2.14. The van der Waals surface area contributed by atoms with Crippen LogP contribution in [-0.4, -0.2) is 11.1 Å². The van der Waals surface area contributed by atoms with Crippen molar-refractivity contribution in [3.63, 3.8) is 0 Å². The molecule has 3 aromatic carbocycles. The molecule has 0 saturated carbocycles. The Kier molecular flexibility index (Phi) is 7.12. The molecule has 0 aliphatic rings. The van der Waals surface area contributed by atoms with E-state index >= 15 is 0 Å². The number of thioether (sulfide) groups is 1. The minimum atomic E-state index is -4.66. The monoisotopic (exact) mass is 470 g/mol. The van der Waals surface area contributed by atoms with Gasteiger partial charge in [0.1, 0.15) is 17.3 Å². The Morgan fingerprint density at radius 3 is 2.45 bits per heavy atom. The normalized spacial score (nSPS) is 11.4. The van der Waals surface area contributed by atoms with Crippen LogP contribution in [0.2, 0.25) is 5.02 Å². The van der Waals surface area contributed by atoms with Crippen molar-refractivity contribution in [2.24, 2.45) is 0 Å². The molecule has 0 unspecified atom stereocenters. The van der Waals surface area contributed by atoms with Gasteiger partial charge in [-0.05, 0) is 59.7 Å². The maximum Gasteiger partial charge on any atom is 0.416 e. The zero-order chi connectivity index (χ0) is 22.6. The van der Waals surface area contributed by atoms with E-state index in [1.54, 1.807) is 24.3 Å². The summed E-state index contributed by atoms with van der Waals surface area (Å²) < 4.78 is 58.2. The van der Waals surface area contributed by atoms with E-state index in [2.05, 4.69) is 0 Å². The Labute approximate surface area is 184 Å². The first-order valence-electron chi connectivity index (χ1n) is 8.88. The highest BCUT2D eigenvalue weighted by Crippen LogP contribution is 2.37. The largest absolute Gasteiger partial charge is 0.481 e. The van der Waals surface area contributed by atoms with E-state index in [-0.39, 0.29) is 27.9 Å². The van der Waals surface area contributed by atoms with E-state index < -0.39 is 24.1 Å². The third kappa shape index (κ3) is 6.63. The molecular formula is C22H15ClF4O3S. The Balaban J connectivity index is 1.78. The number of carbonyl (C=O) groups is 1. The van der Waals surface area contributed by atoms with Crippen LogP contribution in [0.1, 0.15) is 16.7 Å². The van der Waals surface area contributed by atoms with Gasteiger partial charge in [-0.25, -0.2) is 4.39 Å². The predicted molar refractivity (Wildman–Crippen MR) is 110 cm³/mol. The first-order valence-corrected chi connectivity index (χ1v) is 10.2. The van der Waals surface area contributed by atoms with Crippen molar-refractivity contribution in [1.82, 2.24) is 0 Å². The second-order valence-electron chi connectivity index (χ2n) is 6.55. The number of rotatable bonds is 7. The molecule has 0 aliphatic heterocycles. The molecule has 162 valence electrons. The summed E-state index contributed by atoms with van der Waals surface area (Å²) in [6.07, 6.45) is -5.24. The summed E-state index contributed by atoms with van der Waals surface area (Å²) in [5, 5.41) is 9.07. The van der Waals surface area contributed by atoms with Crippen molar-refractivity contribution < 1.29 is 32.2 Å². The highest BCUT2D eigenvalue weighted by molar-refractivity contribution is 7.98. The summed E-state index contributed by atoms with van der Waals surface area (Å²) >= 11 is 7.63. The summed E-state index contributed by atoms with van der Waals surface area (Å²) in [6.45, 7) is 0. The average Bonchev–Trinajstić information content (AvgIpc) is 2.67. The maximum absolute atomic E-state index is 13.3. The Bertz CT molecular complexity index is 1100. The van der Waals surface area contributed by atoms with Crippen molar-refractivity contribution in [2.75, 3.05) is 0 Å². The third-order valence-electron chi connectivity index (χ3n) is 4.07. The van der Waals surface area contributed by atoms with Gasteiger partial charge in [-0.1, -0.05) is 23.7 Å². The topological polar surface area (TPSA) is 46.5 Å². The van der Waals surface area contributed by atoms with Crippen molar-refractivity contribution in [3.8, 4) is 11.5 Å². The highest BCUT2D eigenvalue weighted by Gasteiger charge is 2.31. The van der Waals surface area contributed by atoms with Crippen LogP contribution in [0.3, 0.4) is 0 Å². The van der Waals surface area contributed by atoms with E-state index in [1.807, 2.05) is 0 Å². The fraction of sp³-hybridized carbons (Fsp3) is 0.136. The number of ether oxygens (including phenoxy) is 1. The van der Waals surface area contributed by atoms with E-state index in [0.717, 1.165) is 22.6 Å². The number of carboxylic acids is 1. The molecule has 3 rings (SSSR count). The molecule has 0 bridgehead atoms. The molecule has 9 heteroatoms. The second-order valence-corrected chi connectivity index (χ2v) is 8.00. The summed E-state index contributed by atoms with van der Waals surface area (Å²) in [5.74, 6) is -1.14. The van der Waals surface area contributed by atoms with E-state index in [1.165, 1.54) is 36.0 Å². The summed E-state index contributed by atoms with van der Waals surface area (Å²) in [5.41, 5.74) is -0.272. The second kappa shape index (κ2) is 9.62. The number of hydrogen-bond donors (Lipinski definition) is 1.